The van der Waals surface area contributed by atoms with Crippen LogP contribution in [-0.4, -0.2) is 42.7 Å². The van der Waals surface area contributed by atoms with Gasteiger partial charge in [-0.25, -0.2) is 4.39 Å². The third-order valence-corrected chi connectivity index (χ3v) is 4.57. The molecule has 1 heterocycles. The molecule has 1 saturated heterocycles. The van der Waals surface area contributed by atoms with Crippen LogP contribution < -0.4 is 4.90 Å². The molecule has 1 N–H and O–H groups in total. The molecule has 0 aliphatic carbocycles. The first-order chi connectivity index (χ1) is 11.0. The van der Waals surface area contributed by atoms with Gasteiger partial charge >= 0.3 is 5.97 Å². The second-order valence-corrected chi connectivity index (χ2v) is 6.46. The Hall–Kier alpha value is -1.62. The van der Waals surface area contributed by atoms with Crippen molar-refractivity contribution in [2.75, 3.05) is 31.6 Å². The lowest BCUT2D eigenvalue weighted by Gasteiger charge is -2.25. The predicted octanol–water partition coefficient (Wildman–Crippen LogP) is 3.36. The smallest absolute Gasteiger partial charge is 0.307 e. The van der Waals surface area contributed by atoms with Crippen molar-refractivity contribution in [1.29, 1.82) is 0 Å². The highest BCUT2D eigenvalue weighted by Crippen LogP contribution is 2.26. The largest absolute Gasteiger partial charge is 0.481 e. The zero-order valence-corrected chi connectivity index (χ0v) is 14.1. The minimum atomic E-state index is -0.733. The number of nitrogens with zero attached hydrogens (tertiary/aromatic N) is 2. The molecule has 2 rings (SSSR count). The highest BCUT2D eigenvalue weighted by molar-refractivity contribution is 5.70. The molecule has 4 nitrogen and oxygen atoms in total. The molecule has 23 heavy (non-hydrogen) atoms. The van der Waals surface area contributed by atoms with E-state index in [4.69, 9.17) is 5.11 Å². The molecule has 1 aromatic rings. The van der Waals surface area contributed by atoms with Crippen LogP contribution in [0.3, 0.4) is 0 Å². The Labute approximate surface area is 137 Å². The van der Waals surface area contributed by atoms with Gasteiger partial charge in [0.2, 0.25) is 0 Å². The summed E-state index contributed by atoms with van der Waals surface area (Å²) >= 11 is 0. The Morgan fingerprint density at radius 1 is 1.43 bits per heavy atom. The minimum absolute atomic E-state index is 0.236. The molecule has 1 aromatic carbocycles. The van der Waals surface area contributed by atoms with Crippen LogP contribution in [0.15, 0.2) is 18.2 Å². The number of unbranched alkanes of at least 4 members (excludes halogenated alkanes) is 2. The van der Waals surface area contributed by atoms with Gasteiger partial charge in [-0.05, 0) is 43.1 Å². The molecular formula is C18H27FN2O2. The van der Waals surface area contributed by atoms with Crippen LogP contribution in [0.1, 0.15) is 38.2 Å². The summed E-state index contributed by atoms with van der Waals surface area (Å²) in [6, 6.07) is 4.92. The van der Waals surface area contributed by atoms with Gasteiger partial charge in [-0.3, -0.25) is 9.69 Å². The number of hydrogen-bond acceptors (Lipinski definition) is 3. The summed E-state index contributed by atoms with van der Waals surface area (Å²) in [6.07, 6.45) is 4.16. The van der Waals surface area contributed by atoms with Crippen molar-refractivity contribution >= 4 is 11.7 Å². The van der Waals surface area contributed by atoms with Crippen molar-refractivity contribution in [2.24, 2.45) is 5.92 Å². The molecule has 0 spiro atoms. The monoisotopic (exact) mass is 322 g/mol. The summed E-state index contributed by atoms with van der Waals surface area (Å²) in [4.78, 5) is 15.4. The summed E-state index contributed by atoms with van der Waals surface area (Å²) in [5.74, 6) is -1.27. The zero-order chi connectivity index (χ0) is 16.8. The number of hydrogen-bond donors (Lipinski definition) is 1. The van der Waals surface area contributed by atoms with Crippen molar-refractivity contribution in [3.05, 3.63) is 29.6 Å². The molecule has 128 valence electrons. The third kappa shape index (κ3) is 4.93. The Morgan fingerprint density at radius 3 is 2.87 bits per heavy atom. The van der Waals surface area contributed by atoms with Crippen LogP contribution in [0.5, 0.6) is 0 Å². The summed E-state index contributed by atoms with van der Waals surface area (Å²) in [5.41, 5.74) is 1.98. The van der Waals surface area contributed by atoms with Crippen molar-refractivity contribution in [2.45, 2.75) is 39.2 Å². The van der Waals surface area contributed by atoms with E-state index in [0.717, 1.165) is 30.8 Å². The number of carboxylic acids is 1. The maximum atomic E-state index is 13.7. The first kappa shape index (κ1) is 17.7. The first-order valence-electron chi connectivity index (χ1n) is 8.46. The van der Waals surface area contributed by atoms with Crippen LogP contribution >= 0.6 is 0 Å². The number of aliphatic carboxylic acids is 1. The van der Waals surface area contributed by atoms with Crippen molar-refractivity contribution in [3.63, 3.8) is 0 Å². The number of anilines is 1. The molecule has 0 bridgehead atoms. The lowest BCUT2D eigenvalue weighted by atomic mass is 10.1. The van der Waals surface area contributed by atoms with Crippen LogP contribution in [0.25, 0.3) is 0 Å². The van der Waals surface area contributed by atoms with E-state index in [1.807, 2.05) is 13.1 Å². The molecular weight excluding hydrogens is 295 g/mol. The summed E-state index contributed by atoms with van der Waals surface area (Å²) in [7, 11) is 2.04. The van der Waals surface area contributed by atoms with Crippen molar-refractivity contribution < 1.29 is 14.3 Å². The average Bonchev–Trinajstić information content (AvgIpc) is 2.96. The average molecular weight is 322 g/mol. The summed E-state index contributed by atoms with van der Waals surface area (Å²) < 4.78 is 13.7. The van der Waals surface area contributed by atoms with Gasteiger partial charge in [0.05, 0.1) is 5.92 Å². The van der Waals surface area contributed by atoms with Crippen LogP contribution in [0.2, 0.25) is 0 Å². The second-order valence-electron chi connectivity index (χ2n) is 6.46. The van der Waals surface area contributed by atoms with Gasteiger partial charge in [0.1, 0.15) is 5.82 Å². The lowest BCUT2D eigenvalue weighted by Crippen LogP contribution is -2.25. The second kappa shape index (κ2) is 8.29. The number of carboxylic acid groups (broad SMARTS) is 1. The number of benzene rings is 1. The Morgan fingerprint density at radius 2 is 2.22 bits per heavy atom. The van der Waals surface area contributed by atoms with E-state index in [1.165, 1.54) is 18.9 Å². The Kier molecular flexibility index (Phi) is 6.39. The fraction of sp³-hybridized carbons (Fsp3) is 0.611. The normalized spacial score (nSPS) is 18.3. The van der Waals surface area contributed by atoms with E-state index in [2.05, 4.69) is 16.7 Å². The molecule has 0 saturated carbocycles. The zero-order valence-electron chi connectivity index (χ0n) is 14.1. The summed E-state index contributed by atoms with van der Waals surface area (Å²) in [5, 5.41) is 9.11. The molecule has 1 fully saturated rings. The molecule has 1 aliphatic rings. The minimum Gasteiger partial charge on any atom is -0.481 e. The Bertz CT molecular complexity index is 536. The quantitative estimate of drug-likeness (QED) is 0.745. The SMILES string of the molecule is CCCCCN(C)c1ccc(F)cc1CN1CCC(C(=O)O)C1. The molecule has 1 unspecified atom stereocenters. The topological polar surface area (TPSA) is 43.8 Å². The van der Waals surface area contributed by atoms with Gasteiger partial charge in [-0.1, -0.05) is 19.8 Å². The van der Waals surface area contributed by atoms with Crippen molar-refractivity contribution in [3.8, 4) is 0 Å². The number of rotatable bonds is 8. The lowest BCUT2D eigenvalue weighted by molar-refractivity contribution is -0.141. The van der Waals surface area contributed by atoms with E-state index in [1.54, 1.807) is 6.07 Å². The molecule has 0 aromatic heterocycles. The van der Waals surface area contributed by atoms with Crippen LogP contribution in [0, 0.1) is 11.7 Å². The number of halogens is 1. The maximum absolute atomic E-state index is 13.7. The maximum Gasteiger partial charge on any atom is 0.307 e. The van der Waals surface area contributed by atoms with E-state index < -0.39 is 5.97 Å². The van der Waals surface area contributed by atoms with Gasteiger partial charge in [0.25, 0.3) is 0 Å². The standard InChI is InChI=1S/C18H27FN2O2/c1-3-4-5-9-20(2)17-7-6-16(19)11-15(17)13-21-10-8-14(12-21)18(22)23/h6-7,11,14H,3-5,8-10,12-13H2,1-2H3,(H,22,23). The third-order valence-electron chi connectivity index (χ3n) is 4.57. The van der Waals surface area contributed by atoms with Gasteiger partial charge in [0, 0.05) is 32.4 Å². The van der Waals surface area contributed by atoms with E-state index >= 15 is 0 Å². The molecule has 0 amide bonds. The predicted molar refractivity (Wildman–Crippen MR) is 90.2 cm³/mol. The van der Waals surface area contributed by atoms with Gasteiger partial charge < -0.3 is 10.0 Å². The van der Waals surface area contributed by atoms with E-state index in [9.17, 15) is 9.18 Å². The number of likely N-dealkylation sites (tertiary alicyclic amines) is 1. The fourth-order valence-corrected chi connectivity index (χ4v) is 3.19. The molecule has 1 atom stereocenters. The summed E-state index contributed by atoms with van der Waals surface area (Å²) in [6.45, 7) is 5.03. The molecule has 0 radical (unpaired) electrons. The van der Waals surface area contributed by atoms with Crippen LogP contribution in [-0.2, 0) is 11.3 Å². The van der Waals surface area contributed by atoms with Gasteiger partial charge in [-0.15, -0.1) is 0 Å². The van der Waals surface area contributed by atoms with Crippen LogP contribution in [0.4, 0.5) is 10.1 Å². The fourth-order valence-electron chi connectivity index (χ4n) is 3.19. The molecule has 5 heteroatoms. The van der Waals surface area contributed by atoms with Gasteiger partial charge in [-0.2, -0.15) is 0 Å². The first-order valence-corrected chi connectivity index (χ1v) is 8.46. The molecule has 1 aliphatic heterocycles. The Balaban J connectivity index is 2.05. The highest BCUT2D eigenvalue weighted by atomic mass is 19.1. The number of carbonyl (C=O) groups is 1. The van der Waals surface area contributed by atoms with Crippen molar-refractivity contribution in [1.82, 2.24) is 4.90 Å². The van der Waals surface area contributed by atoms with E-state index in [-0.39, 0.29) is 11.7 Å². The van der Waals surface area contributed by atoms with Gasteiger partial charge in [0.15, 0.2) is 0 Å². The highest BCUT2D eigenvalue weighted by Gasteiger charge is 2.28. The van der Waals surface area contributed by atoms with E-state index in [0.29, 0.717) is 19.5 Å².